The van der Waals surface area contributed by atoms with Gasteiger partial charge in [-0.1, -0.05) is 5.16 Å². The predicted molar refractivity (Wildman–Crippen MR) is 82.3 cm³/mol. The number of nitro groups is 2. The Kier molecular flexibility index (Phi) is 4.80. The quantitative estimate of drug-likeness (QED) is 0.289. The number of benzene rings is 2. The van der Waals surface area contributed by atoms with E-state index in [1.54, 1.807) is 0 Å². The Hall–Kier alpha value is -3.82. The van der Waals surface area contributed by atoms with E-state index in [0.29, 0.717) is 5.56 Å². The van der Waals surface area contributed by atoms with Gasteiger partial charge in [-0.2, -0.15) is 0 Å². The van der Waals surface area contributed by atoms with E-state index in [4.69, 9.17) is 5.73 Å². The lowest BCUT2D eigenvalue weighted by Crippen LogP contribution is -2.15. The minimum Gasteiger partial charge on any atom is -0.380 e. The van der Waals surface area contributed by atoms with Gasteiger partial charge >= 0.3 is 5.97 Å². The molecule has 0 unspecified atom stereocenters. The normalized spacial score (nSPS) is 10.9. The molecule has 0 fully saturated rings. The van der Waals surface area contributed by atoms with Crippen molar-refractivity contribution in [1.82, 2.24) is 0 Å². The predicted octanol–water partition coefficient (Wildman–Crippen LogP) is 1.98. The van der Waals surface area contributed by atoms with Gasteiger partial charge in [-0.3, -0.25) is 20.2 Å². The second kappa shape index (κ2) is 6.96. The lowest BCUT2D eigenvalue weighted by atomic mass is 10.2. The molecule has 2 N–H and O–H groups in total. The van der Waals surface area contributed by atoms with Crippen LogP contribution in [-0.4, -0.2) is 21.7 Å². The van der Waals surface area contributed by atoms with Crippen molar-refractivity contribution in [2.24, 2.45) is 10.9 Å². The Bertz CT molecular complexity index is 814. The lowest BCUT2D eigenvalue weighted by molar-refractivity contribution is -0.385. The van der Waals surface area contributed by atoms with Gasteiger partial charge in [0.25, 0.3) is 11.4 Å². The molecule has 122 valence electrons. The van der Waals surface area contributed by atoms with Gasteiger partial charge in [-0.15, -0.1) is 0 Å². The van der Waals surface area contributed by atoms with Gasteiger partial charge in [0.1, 0.15) is 0 Å². The highest BCUT2D eigenvalue weighted by atomic mass is 16.7. The van der Waals surface area contributed by atoms with Crippen molar-refractivity contribution in [3.63, 3.8) is 0 Å². The summed E-state index contributed by atoms with van der Waals surface area (Å²) in [7, 11) is 0. The molecule has 0 saturated heterocycles. The van der Waals surface area contributed by atoms with E-state index in [1.807, 2.05) is 0 Å². The van der Waals surface area contributed by atoms with Crippen molar-refractivity contribution in [1.29, 1.82) is 0 Å². The Balaban J connectivity index is 2.06. The maximum absolute atomic E-state index is 11.8. The monoisotopic (exact) mass is 330 g/mol. The van der Waals surface area contributed by atoms with Gasteiger partial charge in [0.2, 0.25) is 0 Å². The zero-order chi connectivity index (χ0) is 17.7. The van der Waals surface area contributed by atoms with Crippen LogP contribution in [0.1, 0.15) is 15.9 Å². The molecule has 0 saturated carbocycles. The van der Waals surface area contributed by atoms with Crippen LogP contribution in [0.15, 0.2) is 53.7 Å². The number of nitrogens with zero attached hydrogens (tertiary/aromatic N) is 3. The molecule has 0 aliphatic rings. The molecule has 2 aromatic carbocycles. The Morgan fingerprint density at radius 1 is 0.875 bits per heavy atom. The first-order valence-corrected chi connectivity index (χ1v) is 6.42. The molecule has 0 bridgehead atoms. The fourth-order valence-electron chi connectivity index (χ4n) is 1.67. The van der Waals surface area contributed by atoms with Crippen LogP contribution in [-0.2, 0) is 4.84 Å². The molecule has 24 heavy (non-hydrogen) atoms. The summed E-state index contributed by atoms with van der Waals surface area (Å²) in [5.74, 6) is -1.00. The van der Waals surface area contributed by atoms with Crippen LogP contribution in [0.25, 0.3) is 0 Å². The molecule has 2 aromatic rings. The van der Waals surface area contributed by atoms with Crippen LogP contribution >= 0.6 is 0 Å². The minimum absolute atomic E-state index is 0.0563. The summed E-state index contributed by atoms with van der Waals surface area (Å²) in [6.07, 6.45) is 0. The van der Waals surface area contributed by atoms with Crippen LogP contribution in [0.3, 0.4) is 0 Å². The molecule has 0 aliphatic carbocycles. The summed E-state index contributed by atoms with van der Waals surface area (Å²) in [5.41, 5.74) is 5.73. The number of oxime groups is 1. The van der Waals surface area contributed by atoms with Gasteiger partial charge in [-0.25, -0.2) is 4.79 Å². The summed E-state index contributed by atoms with van der Waals surface area (Å²) < 4.78 is 0. The number of carbonyl (C=O) groups excluding carboxylic acids is 1. The van der Waals surface area contributed by atoms with E-state index in [0.717, 1.165) is 12.1 Å². The number of nitrogens with two attached hydrogens (primary N) is 1. The van der Waals surface area contributed by atoms with Gasteiger partial charge < -0.3 is 10.6 Å². The number of nitro benzene ring substituents is 2. The number of non-ortho nitro benzene ring substituents is 2. The van der Waals surface area contributed by atoms with E-state index in [9.17, 15) is 25.0 Å². The van der Waals surface area contributed by atoms with Crippen LogP contribution in [0.5, 0.6) is 0 Å². The van der Waals surface area contributed by atoms with Gasteiger partial charge in [-0.05, 0) is 24.3 Å². The first-order chi connectivity index (χ1) is 11.4. The highest BCUT2D eigenvalue weighted by molar-refractivity contribution is 5.98. The number of hydrogen-bond acceptors (Lipinski definition) is 7. The zero-order valence-corrected chi connectivity index (χ0v) is 12.0. The van der Waals surface area contributed by atoms with Crippen molar-refractivity contribution in [2.45, 2.75) is 0 Å². The first kappa shape index (κ1) is 16.5. The van der Waals surface area contributed by atoms with Crippen molar-refractivity contribution >= 4 is 23.2 Å². The SMILES string of the molecule is N/C(=N\OC(=O)c1ccc([N+](=O)[O-])cc1)c1ccc([N+](=O)[O-])cc1. The molecule has 0 heterocycles. The average Bonchev–Trinajstić information content (AvgIpc) is 2.59. The van der Waals surface area contributed by atoms with Gasteiger partial charge in [0.15, 0.2) is 5.84 Å². The molecule has 10 heteroatoms. The largest absolute Gasteiger partial charge is 0.380 e. The van der Waals surface area contributed by atoms with Crippen molar-refractivity contribution in [3.05, 3.63) is 79.9 Å². The number of hydrogen-bond donors (Lipinski definition) is 1. The average molecular weight is 330 g/mol. The van der Waals surface area contributed by atoms with Crippen LogP contribution in [0, 0.1) is 20.2 Å². The second-order valence-corrected chi connectivity index (χ2v) is 4.46. The van der Waals surface area contributed by atoms with E-state index in [2.05, 4.69) is 9.99 Å². The molecule has 0 aromatic heterocycles. The second-order valence-electron chi connectivity index (χ2n) is 4.46. The topological polar surface area (TPSA) is 151 Å². The third kappa shape index (κ3) is 3.88. The Morgan fingerprint density at radius 2 is 1.29 bits per heavy atom. The molecule has 0 atom stereocenters. The zero-order valence-electron chi connectivity index (χ0n) is 12.0. The molecular formula is C14H10N4O6. The summed E-state index contributed by atoms with van der Waals surface area (Å²) in [4.78, 5) is 36.3. The smallest absolute Gasteiger partial charge is 0.365 e. The maximum atomic E-state index is 11.8. The number of amidine groups is 1. The van der Waals surface area contributed by atoms with Gasteiger partial charge in [0.05, 0.1) is 15.4 Å². The van der Waals surface area contributed by atoms with Crippen LogP contribution < -0.4 is 5.73 Å². The first-order valence-electron chi connectivity index (χ1n) is 6.42. The van der Waals surface area contributed by atoms with Crippen LogP contribution in [0.4, 0.5) is 11.4 Å². The molecule has 0 aliphatic heterocycles. The molecule has 2 rings (SSSR count). The van der Waals surface area contributed by atoms with E-state index in [1.165, 1.54) is 36.4 Å². The minimum atomic E-state index is -0.852. The van der Waals surface area contributed by atoms with Gasteiger partial charge in [0, 0.05) is 29.8 Å². The maximum Gasteiger partial charge on any atom is 0.365 e. The summed E-state index contributed by atoms with van der Waals surface area (Å²) in [5, 5.41) is 24.5. The van der Waals surface area contributed by atoms with E-state index in [-0.39, 0.29) is 22.8 Å². The number of rotatable bonds is 5. The molecule has 0 amide bonds. The Morgan fingerprint density at radius 3 is 1.71 bits per heavy atom. The lowest BCUT2D eigenvalue weighted by Gasteiger charge is -2.01. The van der Waals surface area contributed by atoms with Crippen molar-refractivity contribution < 1.29 is 19.5 Å². The molecule has 10 nitrogen and oxygen atoms in total. The standard InChI is InChI=1S/C14H10N4O6/c15-13(9-1-5-11(6-2-9)17(20)21)16-24-14(19)10-3-7-12(8-4-10)18(22)23/h1-8H,(H2,15,16). The fraction of sp³-hybridized carbons (Fsp3) is 0. The molecular weight excluding hydrogens is 320 g/mol. The third-order valence-electron chi connectivity index (χ3n) is 2.91. The van der Waals surface area contributed by atoms with Crippen molar-refractivity contribution in [3.8, 4) is 0 Å². The molecule has 0 radical (unpaired) electrons. The summed E-state index contributed by atoms with van der Waals surface area (Å²) >= 11 is 0. The van der Waals surface area contributed by atoms with Crippen LogP contribution in [0.2, 0.25) is 0 Å². The highest BCUT2D eigenvalue weighted by Crippen LogP contribution is 2.14. The summed E-state index contributed by atoms with van der Waals surface area (Å²) in [6, 6.07) is 9.93. The van der Waals surface area contributed by atoms with E-state index >= 15 is 0 Å². The third-order valence-corrected chi connectivity index (χ3v) is 2.91. The van der Waals surface area contributed by atoms with Crippen molar-refractivity contribution in [2.75, 3.05) is 0 Å². The highest BCUT2D eigenvalue weighted by Gasteiger charge is 2.12. The molecule has 0 spiro atoms. The number of carbonyl (C=O) groups is 1. The van der Waals surface area contributed by atoms with E-state index < -0.39 is 15.8 Å². The fourth-order valence-corrected chi connectivity index (χ4v) is 1.67. The Labute approximate surface area is 134 Å². The summed E-state index contributed by atoms with van der Waals surface area (Å²) in [6.45, 7) is 0.